The molecule has 1 aliphatic carbocycles. The summed E-state index contributed by atoms with van der Waals surface area (Å²) in [7, 11) is 1.36. The second-order valence-electron chi connectivity index (χ2n) is 8.84. The number of halogens is 2. The van der Waals surface area contributed by atoms with Gasteiger partial charge in [-0.1, -0.05) is 0 Å². The Labute approximate surface area is 205 Å². The normalized spacial score (nSPS) is 16.2. The number of alkyl halides is 2. The summed E-state index contributed by atoms with van der Waals surface area (Å²) in [5, 5.41) is 5.71. The summed E-state index contributed by atoms with van der Waals surface area (Å²) in [5.41, 5.74) is 2.10. The van der Waals surface area contributed by atoms with E-state index < -0.39 is 12.5 Å². The smallest absolute Gasteiger partial charge is 0.387 e. The third-order valence-electron chi connectivity index (χ3n) is 6.31. The Hall–Kier alpha value is -3.73. The van der Waals surface area contributed by atoms with E-state index in [1.807, 2.05) is 0 Å². The fourth-order valence-electron chi connectivity index (χ4n) is 4.27. The van der Waals surface area contributed by atoms with Crippen LogP contribution in [0.1, 0.15) is 36.0 Å². The molecule has 3 aromatic rings. The van der Waals surface area contributed by atoms with Crippen molar-refractivity contribution in [2.45, 2.75) is 38.3 Å². The molecule has 2 aliphatic rings. The maximum Gasteiger partial charge on any atom is 0.387 e. The van der Waals surface area contributed by atoms with Crippen molar-refractivity contribution in [1.82, 2.24) is 14.7 Å². The molecule has 0 spiro atoms. The van der Waals surface area contributed by atoms with Gasteiger partial charge in [0.15, 0.2) is 0 Å². The van der Waals surface area contributed by atoms with Crippen LogP contribution in [-0.4, -0.2) is 54.2 Å². The summed E-state index contributed by atoms with van der Waals surface area (Å²) >= 11 is 0. The van der Waals surface area contributed by atoms with Crippen LogP contribution < -0.4 is 20.1 Å². The van der Waals surface area contributed by atoms with Crippen LogP contribution >= 0.6 is 0 Å². The van der Waals surface area contributed by atoms with Crippen molar-refractivity contribution in [3.05, 3.63) is 42.2 Å². The molecule has 1 aliphatic heterocycles. The van der Waals surface area contributed by atoms with E-state index >= 15 is 0 Å². The van der Waals surface area contributed by atoms with Gasteiger partial charge in [0.25, 0.3) is 5.91 Å². The summed E-state index contributed by atoms with van der Waals surface area (Å²) in [5.74, 6) is -0.862. The molecule has 9 nitrogen and oxygen atoms in total. The molecule has 190 valence electrons. The fourth-order valence-corrected chi connectivity index (χ4v) is 4.27. The number of nitrogens with zero attached hydrogens (tertiary/aromatic N) is 2. The second-order valence-corrected chi connectivity index (χ2v) is 8.84. The van der Waals surface area contributed by atoms with Crippen molar-refractivity contribution in [3.8, 4) is 22.8 Å². The van der Waals surface area contributed by atoms with Gasteiger partial charge in [-0.3, -0.25) is 14.0 Å². The van der Waals surface area contributed by atoms with E-state index in [0.29, 0.717) is 48.6 Å². The van der Waals surface area contributed by atoms with Crippen LogP contribution in [0.4, 0.5) is 14.5 Å². The molecule has 1 aromatic carbocycles. The zero-order chi connectivity index (χ0) is 25.2. The molecule has 5 rings (SSSR count). The highest BCUT2D eigenvalue weighted by molar-refractivity contribution is 6.01. The van der Waals surface area contributed by atoms with E-state index in [2.05, 4.69) is 15.6 Å². The minimum absolute atomic E-state index is 0.0289. The van der Waals surface area contributed by atoms with Gasteiger partial charge in [-0.05, 0) is 43.9 Å². The van der Waals surface area contributed by atoms with Gasteiger partial charge in [0.1, 0.15) is 22.7 Å². The summed E-state index contributed by atoms with van der Waals surface area (Å²) < 4.78 is 43.6. The summed E-state index contributed by atoms with van der Waals surface area (Å²) in [6.45, 7) is -1.98. The molecule has 0 atom stereocenters. The van der Waals surface area contributed by atoms with Gasteiger partial charge in [-0.2, -0.15) is 8.78 Å². The first-order valence-electron chi connectivity index (χ1n) is 11.8. The molecular formula is C25H26F2N4O5. The van der Waals surface area contributed by atoms with E-state index in [1.54, 1.807) is 35.0 Å². The van der Waals surface area contributed by atoms with Crippen LogP contribution in [0.25, 0.3) is 16.9 Å². The SMILES string of the molecule is COc1cc(-c2cnc3cc(NC(=O)C4CCOCC4)ccn23)cc(OC(F)F)c1C(=O)NC1CC1. The van der Waals surface area contributed by atoms with Crippen molar-refractivity contribution in [1.29, 1.82) is 0 Å². The molecule has 11 heteroatoms. The van der Waals surface area contributed by atoms with Gasteiger partial charge in [0.05, 0.1) is 19.0 Å². The van der Waals surface area contributed by atoms with Gasteiger partial charge < -0.3 is 24.8 Å². The number of amides is 2. The van der Waals surface area contributed by atoms with Crippen LogP contribution in [0.5, 0.6) is 11.5 Å². The lowest BCUT2D eigenvalue weighted by Crippen LogP contribution is -2.28. The van der Waals surface area contributed by atoms with E-state index in [4.69, 9.17) is 14.2 Å². The monoisotopic (exact) mass is 500 g/mol. The summed E-state index contributed by atoms with van der Waals surface area (Å²) in [6.07, 6.45) is 6.35. The van der Waals surface area contributed by atoms with Crippen LogP contribution in [0.15, 0.2) is 36.7 Å². The highest BCUT2D eigenvalue weighted by Gasteiger charge is 2.29. The van der Waals surface area contributed by atoms with Gasteiger partial charge in [0, 0.05) is 48.7 Å². The van der Waals surface area contributed by atoms with Gasteiger partial charge in [0.2, 0.25) is 5.91 Å². The number of pyridine rings is 1. The number of hydrogen-bond acceptors (Lipinski definition) is 6. The summed E-state index contributed by atoms with van der Waals surface area (Å²) in [6, 6.07) is 6.46. The first kappa shape index (κ1) is 24.0. The second kappa shape index (κ2) is 10.1. The van der Waals surface area contributed by atoms with Crippen molar-refractivity contribution < 1.29 is 32.6 Å². The number of benzene rings is 1. The van der Waals surface area contributed by atoms with Crippen molar-refractivity contribution >= 4 is 23.1 Å². The molecule has 3 heterocycles. The molecule has 1 saturated carbocycles. The third kappa shape index (κ3) is 5.11. The third-order valence-corrected chi connectivity index (χ3v) is 6.31. The Morgan fingerprint density at radius 1 is 1.14 bits per heavy atom. The average molecular weight is 501 g/mol. The fraction of sp³-hybridized carbons (Fsp3) is 0.400. The number of imidazole rings is 1. The highest BCUT2D eigenvalue weighted by atomic mass is 19.3. The van der Waals surface area contributed by atoms with Crippen LogP contribution in [0.2, 0.25) is 0 Å². The van der Waals surface area contributed by atoms with E-state index in [-0.39, 0.29) is 34.9 Å². The molecular weight excluding hydrogens is 474 g/mol. The first-order valence-corrected chi connectivity index (χ1v) is 11.8. The number of hydrogen-bond donors (Lipinski definition) is 2. The Balaban J connectivity index is 1.46. The summed E-state index contributed by atoms with van der Waals surface area (Å²) in [4.78, 5) is 29.7. The van der Waals surface area contributed by atoms with Crippen molar-refractivity contribution in [2.24, 2.45) is 5.92 Å². The molecule has 0 bridgehead atoms. The van der Waals surface area contributed by atoms with Gasteiger partial charge in [-0.25, -0.2) is 4.98 Å². The zero-order valence-corrected chi connectivity index (χ0v) is 19.6. The van der Waals surface area contributed by atoms with E-state index in [9.17, 15) is 18.4 Å². The number of anilines is 1. The number of carbonyl (C=O) groups is 2. The average Bonchev–Trinajstić information content (AvgIpc) is 3.58. The maximum atomic E-state index is 13.2. The topological polar surface area (TPSA) is 103 Å². The van der Waals surface area contributed by atoms with E-state index in [1.165, 1.54) is 13.2 Å². The molecule has 0 unspecified atom stereocenters. The molecule has 1 saturated heterocycles. The van der Waals surface area contributed by atoms with E-state index in [0.717, 1.165) is 12.8 Å². The lowest BCUT2D eigenvalue weighted by Gasteiger charge is -2.21. The molecule has 2 amide bonds. The van der Waals surface area contributed by atoms with Crippen LogP contribution in [-0.2, 0) is 9.53 Å². The van der Waals surface area contributed by atoms with Gasteiger partial charge in [-0.15, -0.1) is 0 Å². The standard InChI is InChI=1S/C25H26F2N4O5/c1-34-19-10-15(11-20(36-25(26)27)22(19)24(33)29-16-2-3-16)18-13-28-21-12-17(4-7-31(18)21)30-23(32)14-5-8-35-9-6-14/h4,7,10-14,16,25H,2-3,5-6,8-9H2,1H3,(H,29,33)(H,30,32). The lowest BCUT2D eigenvalue weighted by molar-refractivity contribution is -0.122. The highest BCUT2D eigenvalue weighted by Crippen LogP contribution is 2.37. The predicted molar refractivity (Wildman–Crippen MR) is 126 cm³/mol. The Morgan fingerprint density at radius 3 is 2.58 bits per heavy atom. The maximum absolute atomic E-state index is 13.2. The molecule has 2 aromatic heterocycles. The number of aromatic nitrogens is 2. The molecule has 2 N–H and O–H groups in total. The van der Waals surface area contributed by atoms with Gasteiger partial charge >= 0.3 is 6.61 Å². The van der Waals surface area contributed by atoms with Crippen LogP contribution in [0, 0.1) is 5.92 Å². The number of ether oxygens (including phenoxy) is 3. The Bertz CT molecular complexity index is 1280. The largest absolute Gasteiger partial charge is 0.496 e. The van der Waals surface area contributed by atoms with Crippen molar-refractivity contribution in [3.63, 3.8) is 0 Å². The molecule has 36 heavy (non-hydrogen) atoms. The first-order chi connectivity index (χ1) is 17.4. The number of carbonyl (C=O) groups excluding carboxylic acids is 2. The number of fused-ring (bicyclic) bond motifs is 1. The zero-order valence-electron chi connectivity index (χ0n) is 19.6. The number of rotatable bonds is 8. The molecule has 2 fully saturated rings. The lowest BCUT2D eigenvalue weighted by atomic mass is 9.99. The number of nitrogens with one attached hydrogen (secondary N) is 2. The number of methoxy groups -OCH3 is 1. The Kier molecular flexibility index (Phi) is 6.73. The quantitative estimate of drug-likeness (QED) is 0.487. The Morgan fingerprint density at radius 2 is 1.89 bits per heavy atom. The van der Waals surface area contributed by atoms with Crippen molar-refractivity contribution in [2.75, 3.05) is 25.6 Å². The minimum atomic E-state index is -3.12. The molecule has 0 radical (unpaired) electrons. The predicted octanol–water partition coefficient (Wildman–Crippen LogP) is 3.87. The minimum Gasteiger partial charge on any atom is -0.496 e. The van der Waals surface area contributed by atoms with Crippen LogP contribution in [0.3, 0.4) is 0 Å².